The molecule has 1 fully saturated rings. The molecule has 0 aromatic heterocycles. The van der Waals surface area contributed by atoms with E-state index in [1.807, 2.05) is 12.1 Å². The smallest absolute Gasteiger partial charge is 0.224 e. The molecule has 0 spiro atoms. The maximum Gasteiger partial charge on any atom is 0.224 e. The number of benzene rings is 2. The molecule has 5 heteroatoms. The van der Waals surface area contributed by atoms with E-state index in [2.05, 4.69) is 17.4 Å². The second-order valence-electron chi connectivity index (χ2n) is 6.88. The molecule has 0 heterocycles. The lowest BCUT2D eigenvalue weighted by Gasteiger charge is -2.28. The second-order valence-corrected chi connectivity index (χ2v) is 7.28. The van der Waals surface area contributed by atoms with Crippen LogP contribution in [0, 0.1) is 11.7 Å². The summed E-state index contributed by atoms with van der Waals surface area (Å²) in [5.74, 6) is 1.18. The van der Waals surface area contributed by atoms with Gasteiger partial charge in [-0.2, -0.15) is 0 Å². The highest BCUT2D eigenvalue weighted by molar-refractivity contribution is 6.30. The van der Waals surface area contributed by atoms with Crippen molar-refractivity contribution in [3.8, 4) is 5.75 Å². The predicted octanol–water partition coefficient (Wildman–Crippen LogP) is 5.79. The summed E-state index contributed by atoms with van der Waals surface area (Å²) < 4.78 is 18.8. The number of methoxy groups -OCH3 is 1. The lowest BCUT2D eigenvalue weighted by Crippen LogP contribution is -2.20. The maximum atomic E-state index is 13.5. The van der Waals surface area contributed by atoms with Crippen molar-refractivity contribution in [1.29, 1.82) is 0 Å². The molecule has 1 amide bonds. The van der Waals surface area contributed by atoms with Crippen LogP contribution in [-0.4, -0.2) is 13.0 Å². The first-order chi connectivity index (χ1) is 12.5. The fourth-order valence-corrected chi connectivity index (χ4v) is 3.76. The zero-order valence-electron chi connectivity index (χ0n) is 14.8. The van der Waals surface area contributed by atoms with Crippen molar-refractivity contribution in [1.82, 2.24) is 0 Å². The SMILES string of the molecule is COc1cccc(C2CCC(CC(=O)Nc3ccc(Cl)c(F)c3)CC2)c1. The molecule has 0 saturated heterocycles. The number of rotatable bonds is 5. The molecule has 3 nitrogen and oxygen atoms in total. The van der Waals surface area contributed by atoms with Crippen LogP contribution >= 0.6 is 11.6 Å². The number of ether oxygens (including phenoxy) is 1. The van der Waals surface area contributed by atoms with Crippen LogP contribution in [0.5, 0.6) is 5.75 Å². The van der Waals surface area contributed by atoms with Crippen LogP contribution in [0.4, 0.5) is 10.1 Å². The summed E-state index contributed by atoms with van der Waals surface area (Å²) in [7, 11) is 1.68. The average molecular weight is 376 g/mol. The van der Waals surface area contributed by atoms with Gasteiger partial charge in [0.1, 0.15) is 11.6 Å². The van der Waals surface area contributed by atoms with Crippen molar-refractivity contribution >= 4 is 23.2 Å². The van der Waals surface area contributed by atoms with Gasteiger partial charge in [0.15, 0.2) is 0 Å². The van der Waals surface area contributed by atoms with E-state index in [0.717, 1.165) is 31.4 Å². The summed E-state index contributed by atoms with van der Waals surface area (Å²) in [6, 6.07) is 12.6. The first-order valence-corrected chi connectivity index (χ1v) is 9.32. The third-order valence-corrected chi connectivity index (χ3v) is 5.40. The number of hydrogen-bond acceptors (Lipinski definition) is 2. The molecule has 26 heavy (non-hydrogen) atoms. The largest absolute Gasteiger partial charge is 0.497 e. The summed E-state index contributed by atoms with van der Waals surface area (Å²) in [5, 5.41) is 2.82. The molecule has 2 aromatic rings. The number of nitrogens with one attached hydrogen (secondary N) is 1. The normalized spacial score (nSPS) is 19.8. The Bertz CT molecular complexity index is 772. The Morgan fingerprint density at radius 3 is 2.65 bits per heavy atom. The molecule has 1 saturated carbocycles. The van der Waals surface area contributed by atoms with Crippen LogP contribution in [0.15, 0.2) is 42.5 Å². The van der Waals surface area contributed by atoms with Gasteiger partial charge in [0.05, 0.1) is 12.1 Å². The van der Waals surface area contributed by atoms with Crippen LogP contribution in [-0.2, 0) is 4.79 Å². The van der Waals surface area contributed by atoms with E-state index in [9.17, 15) is 9.18 Å². The second kappa shape index (κ2) is 8.54. The van der Waals surface area contributed by atoms with Crippen LogP contribution in [0.2, 0.25) is 5.02 Å². The lowest BCUT2D eigenvalue weighted by atomic mass is 9.77. The molecule has 0 atom stereocenters. The molecule has 2 aromatic carbocycles. The Morgan fingerprint density at radius 2 is 1.96 bits per heavy atom. The Morgan fingerprint density at radius 1 is 1.19 bits per heavy atom. The number of halogens is 2. The highest BCUT2D eigenvalue weighted by Gasteiger charge is 2.24. The van der Waals surface area contributed by atoms with Crippen molar-refractivity contribution in [3.63, 3.8) is 0 Å². The Hall–Kier alpha value is -2.07. The molecule has 0 aliphatic heterocycles. The fraction of sp³-hybridized carbons (Fsp3) is 0.381. The van der Waals surface area contributed by atoms with Gasteiger partial charge in [0, 0.05) is 12.1 Å². The average Bonchev–Trinajstić information content (AvgIpc) is 2.65. The van der Waals surface area contributed by atoms with Crippen LogP contribution in [0.3, 0.4) is 0 Å². The zero-order valence-corrected chi connectivity index (χ0v) is 15.6. The highest BCUT2D eigenvalue weighted by atomic mass is 35.5. The first-order valence-electron chi connectivity index (χ1n) is 8.94. The van der Waals surface area contributed by atoms with E-state index in [-0.39, 0.29) is 10.9 Å². The number of carbonyl (C=O) groups excluding carboxylic acids is 1. The van der Waals surface area contributed by atoms with Crippen molar-refractivity contribution in [3.05, 3.63) is 58.9 Å². The lowest BCUT2D eigenvalue weighted by molar-refractivity contribution is -0.117. The van der Waals surface area contributed by atoms with Crippen LogP contribution in [0.1, 0.15) is 43.6 Å². The molecule has 1 aliphatic rings. The number of anilines is 1. The molecule has 3 rings (SSSR count). The van der Waals surface area contributed by atoms with E-state index in [4.69, 9.17) is 16.3 Å². The van der Waals surface area contributed by atoms with Gasteiger partial charge in [0.2, 0.25) is 5.91 Å². The van der Waals surface area contributed by atoms with E-state index < -0.39 is 5.82 Å². The molecule has 0 radical (unpaired) electrons. The van der Waals surface area contributed by atoms with Crippen molar-refractivity contribution in [2.45, 2.75) is 38.0 Å². The highest BCUT2D eigenvalue weighted by Crippen LogP contribution is 2.38. The number of carbonyl (C=O) groups is 1. The third kappa shape index (κ3) is 4.76. The van der Waals surface area contributed by atoms with E-state index in [1.165, 1.54) is 17.7 Å². The number of hydrogen-bond donors (Lipinski definition) is 1. The van der Waals surface area contributed by atoms with Gasteiger partial charge in [-0.1, -0.05) is 23.7 Å². The first kappa shape index (κ1) is 18.7. The summed E-state index contributed by atoms with van der Waals surface area (Å²) in [4.78, 5) is 12.2. The standard InChI is InChI=1S/C21H23ClFNO2/c1-26-18-4-2-3-16(12-18)15-7-5-14(6-8-15)11-21(25)24-17-9-10-19(22)20(23)13-17/h2-4,9-10,12-15H,5-8,11H2,1H3,(H,24,25). The summed E-state index contributed by atoms with van der Waals surface area (Å²) in [5.41, 5.74) is 1.76. The third-order valence-electron chi connectivity index (χ3n) is 5.09. The van der Waals surface area contributed by atoms with Gasteiger partial charge < -0.3 is 10.1 Å². The van der Waals surface area contributed by atoms with Gasteiger partial charge in [-0.05, 0) is 73.4 Å². The van der Waals surface area contributed by atoms with E-state index in [1.54, 1.807) is 13.2 Å². The van der Waals surface area contributed by atoms with Gasteiger partial charge >= 0.3 is 0 Å². The molecule has 0 unspecified atom stereocenters. The van der Waals surface area contributed by atoms with Crippen molar-refractivity contribution in [2.75, 3.05) is 12.4 Å². The summed E-state index contributed by atoms with van der Waals surface area (Å²) in [6.45, 7) is 0. The molecule has 138 valence electrons. The van der Waals surface area contributed by atoms with Crippen LogP contribution in [0.25, 0.3) is 0 Å². The minimum absolute atomic E-state index is 0.0545. The van der Waals surface area contributed by atoms with Gasteiger partial charge in [-0.15, -0.1) is 0 Å². The van der Waals surface area contributed by atoms with Crippen molar-refractivity contribution in [2.24, 2.45) is 5.92 Å². The molecular formula is C21H23ClFNO2. The minimum Gasteiger partial charge on any atom is -0.497 e. The van der Waals surface area contributed by atoms with Gasteiger partial charge in [-0.3, -0.25) is 4.79 Å². The Balaban J connectivity index is 1.50. The Labute approximate surface area is 158 Å². The van der Waals surface area contributed by atoms with Crippen LogP contribution < -0.4 is 10.1 Å². The molecule has 0 bridgehead atoms. The van der Waals surface area contributed by atoms with Crippen molar-refractivity contribution < 1.29 is 13.9 Å². The predicted molar refractivity (Wildman–Crippen MR) is 102 cm³/mol. The molecular weight excluding hydrogens is 353 g/mol. The zero-order chi connectivity index (χ0) is 18.5. The van der Waals surface area contributed by atoms with E-state index in [0.29, 0.717) is 23.9 Å². The maximum absolute atomic E-state index is 13.5. The molecule has 1 aliphatic carbocycles. The minimum atomic E-state index is -0.525. The van der Waals surface area contributed by atoms with Gasteiger partial charge in [-0.25, -0.2) is 4.39 Å². The topological polar surface area (TPSA) is 38.3 Å². The summed E-state index contributed by atoms with van der Waals surface area (Å²) >= 11 is 5.66. The Kier molecular flexibility index (Phi) is 6.15. The number of amides is 1. The summed E-state index contributed by atoms with van der Waals surface area (Å²) in [6.07, 6.45) is 4.64. The molecule has 1 N–H and O–H groups in total. The van der Waals surface area contributed by atoms with E-state index >= 15 is 0 Å². The fourth-order valence-electron chi connectivity index (χ4n) is 3.64. The van der Waals surface area contributed by atoms with Gasteiger partial charge in [0.25, 0.3) is 0 Å². The quantitative estimate of drug-likeness (QED) is 0.718. The monoisotopic (exact) mass is 375 g/mol.